The first-order valence-electron chi connectivity index (χ1n) is 8.27. The molecule has 0 saturated heterocycles. The van der Waals surface area contributed by atoms with Crippen molar-refractivity contribution in [2.75, 3.05) is 7.11 Å². The fraction of sp³-hybridized carbons (Fsp3) is 0.350. The highest BCUT2D eigenvalue weighted by atomic mass is 16.5. The van der Waals surface area contributed by atoms with Crippen molar-refractivity contribution >= 4 is 17.7 Å². The summed E-state index contributed by atoms with van der Waals surface area (Å²) in [6.07, 6.45) is -0.994. The lowest BCUT2D eigenvalue weighted by Crippen LogP contribution is -2.25. The highest BCUT2D eigenvalue weighted by Gasteiger charge is 2.27. The summed E-state index contributed by atoms with van der Waals surface area (Å²) in [5.74, 6) is -1.49. The Morgan fingerprint density at radius 3 is 2.23 bits per heavy atom. The molecule has 2 rings (SSSR count). The number of rotatable bonds is 5. The first-order chi connectivity index (χ1) is 12.2. The number of carbonyl (C=O) groups excluding carboxylic acids is 3. The molecule has 1 N–H and O–H groups in total. The molecule has 0 amide bonds. The molecule has 0 aliphatic rings. The lowest BCUT2D eigenvalue weighted by Gasteiger charge is -2.13. The number of H-pyrrole nitrogens is 1. The van der Waals surface area contributed by atoms with Gasteiger partial charge in [-0.05, 0) is 63.4 Å². The highest BCUT2D eigenvalue weighted by Crippen LogP contribution is 2.21. The molecular formula is C20H23NO5. The van der Waals surface area contributed by atoms with Crippen LogP contribution in [0, 0.1) is 27.7 Å². The Morgan fingerprint density at radius 2 is 1.65 bits per heavy atom. The van der Waals surface area contributed by atoms with E-state index in [2.05, 4.69) is 4.98 Å². The SMILES string of the molecule is COC(=O)c1c(C)[nH]c(C(=O)C(C)OC(=O)c2ccc(C)c(C)c2)c1C. The number of methoxy groups -OCH3 is 1. The van der Waals surface area contributed by atoms with Gasteiger partial charge in [-0.3, -0.25) is 4.79 Å². The summed E-state index contributed by atoms with van der Waals surface area (Å²) in [4.78, 5) is 39.7. The number of ether oxygens (including phenoxy) is 2. The van der Waals surface area contributed by atoms with Crippen LogP contribution in [0.4, 0.5) is 0 Å². The summed E-state index contributed by atoms with van der Waals surface area (Å²) in [7, 11) is 1.28. The number of aromatic amines is 1. The standard InChI is InChI=1S/C20H23NO5/c1-10-7-8-15(9-11(10)2)19(23)26-14(5)18(22)17-12(3)16(13(4)21-17)20(24)25-6/h7-9,14,21H,1-6H3. The zero-order chi connectivity index (χ0) is 19.6. The van der Waals surface area contributed by atoms with E-state index < -0.39 is 23.8 Å². The van der Waals surface area contributed by atoms with Crippen LogP contribution in [0.25, 0.3) is 0 Å². The second kappa shape index (κ2) is 7.56. The zero-order valence-electron chi connectivity index (χ0n) is 15.9. The van der Waals surface area contributed by atoms with Gasteiger partial charge in [0, 0.05) is 5.69 Å². The minimum Gasteiger partial charge on any atom is -0.465 e. The van der Waals surface area contributed by atoms with E-state index in [4.69, 9.17) is 9.47 Å². The van der Waals surface area contributed by atoms with E-state index >= 15 is 0 Å². The third-order valence-electron chi connectivity index (χ3n) is 4.47. The van der Waals surface area contributed by atoms with Crippen LogP contribution in [-0.2, 0) is 9.47 Å². The van der Waals surface area contributed by atoms with Crippen LogP contribution >= 0.6 is 0 Å². The van der Waals surface area contributed by atoms with Gasteiger partial charge in [-0.2, -0.15) is 0 Å². The van der Waals surface area contributed by atoms with E-state index in [1.807, 2.05) is 19.9 Å². The number of ketones is 1. The minimum absolute atomic E-state index is 0.239. The number of aryl methyl sites for hydroxylation is 3. The maximum atomic E-state index is 12.7. The molecule has 6 heteroatoms. The number of aromatic nitrogens is 1. The summed E-state index contributed by atoms with van der Waals surface area (Å²) < 4.78 is 10.1. The van der Waals surface area contributed by atoms with Gasteiger partial charge in [-0.25, -0.2) is 9.59 Å². The van der Waals surface area contributed by atoms with Gasteiger partial charge < -0.3 is 14.5 Å². The largest absolute Gasteiger partial charge is 0.465 e. The molecular weight excluding hydrogens is 334 g/mol. The van der Waals surface area contributed by atoms with Gasteiger partial charge in [0.05, 0.1) is 23.9 Å². The number of hydrogen-bond donors (Lipinski definition) is 1. The molecule has 0 fully saturated rings. The Balaban J connectivity index is 2.21. The molecule has 6 nitrogen and oxygen atoms in total. The lowest BCUT2D eigenvalue weighted by atomic mass is 10.1. The van der Waals surface area contributed by atoms with Gasteiger partial charge in [0.2, 0.25) is 5.78 Å². The number of Topliss-reactive ketones (excluding diaryl/α,β-unsaturated/α-hetero) is 1. The molecule has 1 aromatic carbocycles. The first-order valence-corrected chi connectivity index (χ1v) is 8.27. The molecule has 0 saturated carbocycles. The maximum absolute atomic E-state index is 12.7. The van der Waals surface area contributed by atoms with Crippen molar-refractivity contribution in [2.24, 2.45) is 0 Å². The maximum Gasteiger partial charge on any atom is 0.339 e. The van der Waals surface area contributed by atoms with Gasteiger partial charge >= 0.3 is 11.9 Å². The van der Waals surface area contributed by atoms with E-state index in [-0.39, 0.29) is 5.69 Å². The Morgan fingerprint density at radius 1 is 1.00 bits per heavy atom. The monoisotopic (exact) mass is 357 g/mol. The van der Waals surface area contributed by atoms with Crippen molar-refractivity contribution in [3.8, 4) is 0 Å². The van der Waals surface area contributed by atoms with Crippen molar-refractivity contribution in [3.63, 3.8) is 0 Å². The number of esters is 2. The Labute approximate surface area is 152 Å². The molecule has 138 valence electrons. The molecule has 2 aromatic rings. The predicted molar refractivity (Wildman–Crippen MR) is 96.7 cm³/mol. The molecule has 0 aliphatic carbocycles. The van der Waals surface area contributed by atoms with Gasteiger partial charge in [0.1, 0.15) is 0 Å². The molecule has 1 atom stereocenters. The van der Waals surface area contributed by atoms with Gasteiger partial charge in [0.25, 0.3) is 0 Å². The molecule has 0 spiro atoms. The van der Waals surface area contributed by atoms with Crippen LogP contribution in [0.15, 0.2) is 18.2 Å². The average Bonchev–Trinajstić information content (AvgIpc) is 2.90. The van der Waals surface area contributed by atoms with Crippen molar-refractivity contribution in [1.29, 1.82) is 0 Å². The van der Waals surface area contributed by atoms with Crippen LogP contribution in [0.3, 0.4) is 0 Å². The van der Waals surface area contributed by atoms with E-state index in [1.165, 1.54) is 14.0 Å². The van der Waals surface area contributed by atoms with E-state index in [0.717, 1.165) is 11.1 Å². The summed E-state index contributed by atoms with van der Waals surface area (Å²) >= 11 is 0. The molecule has 26 heavy (non-hydrogen) atoms. The van der Waals surface area contributed by atoms with Crippen LogP contribution in [0.1, 0.15) is 60.5 Å². The Bertz CT molecular complexity index is 879. The van der Waals surface area contributed by atoms with E-state index in [9.17, 15) is 14.4 Å². The van der Waals surface area contributed by atoms with Gasteiger partial charge in [-0.15, -0.1) is 0 Å². The zero-order valence-corrected chi connectivity index (χ0v) is 15.9. The normalized spacial score (nSPS) is 11.8. The topological polar surface area (TPSA) is 85.5 Å². The fourth-order valence-electron chi connectivity index (χ4n) is 2.76. The molecule has 1 unspecified atom stereocenters. The molecule has 1 aromatic heterocycles. The van der Waals surface area contributed by atoms with E-state index in [1.54, 1.807) is 26.0 Å². The van der Waals surface area contributed by atoms with Gasteiger partial charge in [-0.1, -0.05) is 6.07 Å². The first kappa shape index (κ1) is 19.4. The number of nitrogens with one attached hydrogen (secondary N) is 1. The van der Waals surface area contributed by atoms with Crippen LogP contribution in [0.5, 0.6) is 0 Å². The second-order valence-corrected chi connectivity index (χ2v) is 6.33. The fourth-order valence-corrected chi connectivity index (χ4v) is 2.76. The molecule has 0 aliphatic heterocycles. The van der Waals surface area contributed by atoms with Crippen LogP contribution in [0.2, 0.25) is 0 Å². The summed E-state index contributed by atoms with van der Waals surface area (Å²) in [6.45, 7) is 8.70. The van der Waals surface area contributed by atoms with Crippen LogP contribution < -0.4 is 0 Å². The van der Waals surface area contributed by atoms with E-state index in [0.29, 0.717) is 22.4 Å². The van der Waals surface area contributed by atoms with Crippen LogP contribution in [-0.4, -0.2) is 35.9 Å². The second-order valence-electron chi connectivity index (χ2n) is 6.33. The van der Waals surface area contributed by atoms with Crippen molar-refractivity contribution < 1.29 is 23.9 Å². The van der Waals surface area contributed by atoms with Gasteiger partial charge in [0.15, 0.2) is 6.10 Å². The minimum atomic E-state index is -0.994. The number of benzene rings is 1. The summed E-state index contributed by atoms with van der Waals surface area (Å²) in [5, 5.41) is 0. The Hall–Kier alpha value is -2.89. The average molecular weight is 357 g/mol. The third kappa shape index (κ3) is 3.69. The molecule has 0 radical (unpaired) electrons. The quantitative estimate of drug-likeness (QED) is 0.654. The lowest BCUT2D eigenvalue weighted by molar-refractivity contribution is 0.0316. The van der Waals surface area contributed by atoms with Crippen molar-refractivity contribution in [3.05, 3.63) is 57.4 Å². The summed E-state index contributed by atoms with van der Waals surface area (Å²) in [6, 6.07) is 5.23. The highest BCUT2D eigenvalue weighted by molar-refractivity contribution is 6.04. The number of hydrogen-bond acceptors (Lipinski definition) is 5. The number of carbonyl (C=O) groups is 3. The van der Waals surface area contributed by atoms with Crippen molar-refractivity contribution in [1.82, 2.24) is 4.98 Å². The summed E-state index contributed by atoms with van der Waals surface area (Å²) in [5.41, 5.74) is 4.00. The van der Waals surface area contributed by atoms with Crippen molar-refractivity contribution in [2.45, 2.75) is 40.7 Å². The third-order valence-corrected chi connectivity index (χ3v) is 4.47. The Kier molecular flexibility index (Phi) is 5.65. The molecule has 0 bridgehead atoms. The molecule has 1 heterocycles. The predicted octanol–water partition coefficient (Wildman–Crippen LogP) is 3.46. The smallest absolute Gasteiger partial charge is 0.339 e.